The molecule has 1 aromatic heterocycles. The molecule has 4 nitrogen and oxygen atoms in total. The van der Waals surface area contributed by atoms with Crippen LogP contribution in [0.25, 0.3) is 0 Å². The van der Waals surface area contributed by atoms with Crippen LogP contribution in [0.3, 0.4) is 0 Å². The molecule has 0 fully saturated rings. The molecule has 0 saturated heterocycles. The first-order valence-corrected chi connectivity index (χ1v) is 7.12. The van der Waals surface area contributed by atoms with Crippen molar-refractivity contribution in [1.29, 1.82) is 0 Å². The Labute approximate surface area is 121 Å². The standard InChI is InChI=1S/C13H14ClN3OS/c1-17(8-10-6-15-16-7-10)13(18)9-19-12-5-3-2-4-11(12)14/h2-7H,8-9H2,1H3,(H,15,16). The Balaban J connectivity index is 1.86. The molecule has 0 aliphatic rings. The third-order valence-corrected chi connectivity index (χ3v) is 4.09. The Morgan fingerprint density at radius 2 is 2.26 bits per heavy atom. The van der Waals surface area contributed by atoms with Crippen LogP contribution in [0, 0.1) is 0 Å². The van der Waals surface area contributed by atoms with Crippen LogP contribution < -0.4 is 0 Å². The summed E-state index contributed by atoms with van der Waals surface area (Å²) in [6.07, 6.45) is 3.50. The lowest BCUT2D eigenvalue weighted by molar-refractivity contribution is -0.127. The molecule has 0 atom stereocenters. The third kappa shape index (κ3) is 4.01. The van der Waals surface area contributed by atoms with Crippen molar-refractivity contribution in [2.45, 2.75) is 11.4 Å². The topological polar surface area (TPSA) is 49.0 Å². The van der Waals surface area contributed by atoms with Gasteiger partial charge in [0.15, 0.2) is 0 Å². The van der Waals surface area contributed by atoms with E-state index in [0.29, 0.717) is 17.3 Å². The van der Waals surface area contributed by atoms with E-state index < -0.39 is 0 Å². The number of benzene rings is 1. The lowest BCUT2D eigenvalue weighted by atomic mass is 10.3. The number of hydrogen-bond donors (Lipinski definition) is 1. The van der Waals surface area contributed by atoms with Crippen LogP contribution in [0.1, 0.15) is 5.56 Å². The van der Waals surface area contributed by atoms with E-state index in [9.17, 15) is 4.79 Å². The molecule has 0 radical (unpaired) electrons. The fraction of sp³-hybridized carbons (Fsp3) is 0.231. The molecule has 0 bridgehead atoms. The summed E-state index contributed by atoms with van der Waals surface area (Å²) in [5, 5.41) is 7.26. The van der Waals surface area contributed by atoms with E-state index in [1.54, 1.807) is 24.3 Å². The zero-order valence-electron chi connectivity index (χ0n) is 10.5. The zero-order chi connectivity index (χ0) is 13.7. The van der Waals surface area contributed by atoms with Gasteiger partial charge in [0.2, 0.25) is 5.91 Å². The smallest absolute Gasteiger partial charge is 0.232 e. The average Bonchev–Trinajstić information content (AvgIpc) is 2.90. The highest BCUT2D eigenvalue weighted by Crippen LogP contribution is 2.26. The molecular weight excluding hydrogens is 282 g/mol. The fourth-order valence-electron chi connectivity index (χ4n) is 1.54. The number of thioether (sulfide) groups is 1. The van der Waals surface area contributed by atoms with Crippen LogP contribution in [0.4, 0.5) is 0 Å². The van der Waals surface area contributed by atoms with Gasteiger partial charge in [-0.25, -0.2) is 0 Å². The molecule has 2 aromatic rings. The Bertz CT molecular complexity index is 545. The van der Waals surface area contributed by atoms with Crippen molar-refractivity contribution >= 4 is 29.3 Å². The van der Waals surface area contributed by atoms with Crippen LogP contribution >= 0.6 is 23.4 Å². The van der Waals surface area contributed by atoms with Gasteiger partial charge in [0, 0.05) is 30.2 Å². The third-order valence-electron chi connectivity index (χ3n) is 2.59. The van der Waals surface area contributed by atoms with E-state index in [-0.39, 0.29) is 5.91 Å². The summed E-state index contributed by atoms with van der Waals surface area (Å²) in [4.78, 5) is 14.6. The van der Waals surface area contributed by atoms with E-state index in [4.69, 9.17) is 11.6 Å². The maximum atomic E-state index is 12.0. The lowest BCUT2D eigenvalue weighted by Crippen LogP contribution is -2.27. The minimum atomic E-state index is 0.0612. The van der Waals surface area contributed by atoms with Gasteiger partial charge >= 0.3 is 0 Å². The maximum absolute atomic E-state index is 12.0. The van der Waals surface area contributed by atoms with E-state index in [2.05, 4.69) is 10.2 Å². The second-order valence-corrected chi connectivity index (χ2v) is 5.50. The second-order valence-electron chi connectivity index (χ2n) is 4.08. The minimum absolute atomic E-state index is 0.0612. The van der Waals surface area contributed by atoms with Crippen molar-refractivity contribution in [3.8, 4) is 0 Å². The predicted molar refractivity (Wildman–Crippen MR) is 77.2 cm³/mol. The summed E-state index contributed by atoms with van der Waals surface area (Å²) in [6.45, 7) is 0.554. The number of aromatic amines is 1. The molecule has 0 aliphatic heterocycles. The van der Waals surface area contributed by atoms with Gasteiger partial charge in [-0.15, -0.1) is 11.8 Å². The van der Waals surface area contributed by atoms with Crippen LogP contribution in [0.2, 0.25) is 5.02 Å². The molecule has 1 heterocycles. The molecule has 100 valence electrons. The molecule has 2 rings (SSSR count). The van der Waals surface area contributed by atoms with Crippen molar-refractivity contribution in [3.63, 3.8) is 0 Å². The second kappa shape index (κ2) is 6.63. The first-order chi connectivity index (χ1) is 9.16. The van der Waals surface area contributed by atoms with E-state index >= 15 is 0 Å². The highest BCUT2D eigenvalue weighted by atomic mass is 35.5. The Hall–Kier alpha value is -1.46. The molecule has 0 spiro atoms. The molecule has 1 aromatic carbocycles. The Morgan fingerprint density at radius 3 is 2.95 bits per heavy atom. The Kier molecular flexibility index (Phi) is 4.87. The lowest BCUT2D eigenvalue weighted by Gasteiger charge is -2.16. The monoisotopic (exact) mass is 295 g/mol. The van der Waals surface area contributed by atoms with Gasteiger partial charge in [-0.1, -0.05) is 23.7 Å². The van der Waals surface area contributed by atoms with Crippen molar-refractivity contribution in [3.05, 3.63) is 47.2 Å². The van der Waals surface area contributed by atoms with Crippen LogP contribution in [0.15, 0.2) is 41.6 Å². The highest BCUT2D eigenvalue weighted by Gasteiger charge is 2.11. The number of rotatable bonds is 5. The summed E-state index contributed by atoms with van der Waals surface area (Å²) in [5.74, 6) is 0.434. The number of hydrogen-bond acceptors (Lipinski definition) is 3. The molecule has 1 amide bonds. The fourth-order valence-corrected chi connectivity index (χ4v) is 2.72. The number of H-pyrrole nitrogens is 1. The zero-order valence-corrected chi connectivity index (χ0v) is 12.0. The van der Waals surface area contributed by atoms with Gasteiger partial charge in [0.25, 0.3) is 0 Å². The molecule has 0 saturated carbocycles. The van der Waals surface area contributed by atoms with Gasteiger partial charge < -0.3 is 4.90 Å². The minimum Gasteiger partial charge on any atom is -0.341 e. The number of carbonyl (C=O) groups excluding carboxylic acids is 1. The van der Waals surface area contributed by atoms with Crippen molar-refractivity contribution in [2.24, 2.45) is 0 Å². The summed E-state index contributed by atoms with van der Waals surface area (Å²) >= 11 is 7.49. The van der Waals surface area contributed by atoms with Gasteiger partial charge in [-0.05, 0) is 12.1 Å². The molecular formula is C13H14ClN3OS. The van der Waals surface area contributed by atoms with Crippen molar-refractivity contribution < 1.29 is 4.79 Å². The summed E-state index contributed by atoms with van der Waals surface area (Å²) in [5.41, 5.74) is 0.985. The van der Waals surface area contributed by atoms with Gasteiger partial charge in [0.1, 0.15) is 0 Å². The van der Waals surface area contributed by atoms with E-state index in [1.165, 1.54) is 11.8 Å². The van der Waals surface area contributed by atoms with Gasteiger partial charge in [0.05, 0.1) is 17.0 Å². The Morgan fingerprint density at radius 1 is 1.47 bits per heavy atom. The summed E-state index contributed by atoms with van der Waals surface area (Å²) < 4.78 is 0. The number of halogens is 1. The number of aromatic nitrogens is 2. The van der Waals surface area contributed by atoms with Gasteiger partial charge in [-0.3, -0.25) is 9.89 Å². The number of nitrogens with zero attached hydrogens (tertiary/aromatic N) is 2. The number of amides is 1. The van der Waals surface area contributed by atoms with E-state index in [1.807, 2.05) is 24.3 Å². The number of carbonyl (C=O) groups is 1. The van der Waals surface area contributed by atoms with E-state index in [0.717, 1.165) is 10.5 Å². The quantitative estimate of drug-likeness (QED) is 0.863. The average molecular weight is 296 g/mol. The maximum Gasteiger partial charge on any atom is 0.232 e. The predicted octanol–water partition coefficient (Wildman–Crippen LogP) is 2.81. The largest absolute Gasteiger partial charge is 0.341 e. The molecule has 0 unspecified atom stereocenters. The first-order valence-electron chi connectivity index (χ1n) is 5.76. The van der Waals surface area contributed by atoms with Gasteiger partial charge in [-0.2, -0.15) is 5.10 Å². The number of nitrogens with one attached hydrogen (secondary N) is 1. The normalized spacial score (nSPS) is 10.4. The highest BCUT2D eigenvalue weighted by molar-refractivity contribution is 8.00. The SMILES string of the molecule is CN(Cc1cn[nH]c1)C(=O)CSc1ccccc1Cl. The van der Waals surface area contributed by atoms with Crippen molar-refractivity contribution in [2.75, 3.05) is 12.8 Å². The van der Waals surface area contributed by atoms with Crippen LogP contribution in [0.5, 0.6) is 0 Å². The molecule has 6 heteroatoms. The van der Waals surface area contributed by atoms with Crippen LogP contribution in [-0.4, -0.2) is 33.8 Å². The summed E-state index contributed by atoms with van der Waals surface area (Å²) in [7, 11) is 1.78. The van der Waals surface area contributed by atoms with Crippen LogP contribution in [-0.2, 0) is 11.3 Å². The molecule has 1 N–H and O–H groups in total. The molecule has 19 heavy (non-hydrogen) atoms. The first kappa shape index (κ1) is 14.0. The van der Waals surface area contributed by atoms with Crippen molar-refractivity contribution in [1.82, 2.24) is 15.1 Å². The summed E-state index contributed by atoms with van der Waals surface area (Å²) in [6, 6.07) is 7.52. The molecule has 0 aliphatic carbocycles.